The number of hydrogen-bond acceptors (Lipinski definition) is 4. The number of nitrogens with zero attached hydrogens (tertiary/aromatic N) is 2. The number of sulfone groups is 1. The maximum absolute atomic E-state index is 12.2. The van der Waals surface area contributed by atoms with Crippen LogP contribution in [0.4, 0.5) is 0 Å². The van der Waals surface area contributed by atoms with Crippen LogP contribution in [0.25, 0.3) is 10.2 Å². The average molecular weight is 374 g/mol. The topological polar surface area (TPSA) is 68.5 Å². The van der Waals surface area contributed by atoms with Gasteiger partial charge in [0.2, 0.25) is 0 Å². The van der Waals surface area contributed by atoms with Gasteiger partial charge in [-0.3, -0.25) is 4.79 Å². The Kier molecular flexibility index (Phi) is 4.87. The number of amides is 1. The first-order chi connectivity index (χ1) is 11.8. The van der Waals surface area contributed by atoms with Crippen LogP contribution in [0.2, 0.25) is 0 Å². The van der Waals surface area contributed by atoms with Crippen LogP contribution in [0.15, 0.2) is 53.5 Å². The molecule has 0 atom stereocenters. The molecule has 0 aliphatic heterocycles. The Labute approximate surface area is 150 Å². The highest BCUT2D eigenvalue weighted by atomic mass is 32.2. The molecule has 0 radical (unpaired) electrons. The van der Waals surface area contributed by atoms with Crippen molar-refractivity contribution >= 4 is 37.3 Å². The number of benzene rings is 2. The summed E-state index contributed by atoms with van der Waals surface area (Å²) in [5.41, 5.74) is 2.75. The minimum Gasteiger partial charge on any atom is -0.319 e. The number of carbonyl (C=O) groups excluding carboxylic acids is 1. The number of thiazole rings is 1. The van der Waals surface area contributed by atoms with Crippen molar-refractivity contribution in [2.24, 2.45) is 12.0 Å². The third-order valence-corrected chi connectivity index (χ3v) is 6.31. The molecule has 3 rings (SSSR count). The van der Waals surface area contributed by atoms with Gasteiger partial charge in [-0.1, -0.05) is 47.7 Å². The number of aryl methyl sites for hydroxylation is 2. The third kappa shape index (κ3) is 4.24. The minimum absolute atomic E-state index is 0.160. The summed E-state index contributed by atoms with van der Waals surface area (Å²) in [6, 6.07) is 14.8. The van der Waals surface area contributed by atoms with Crippen molar-refractivity contribution in [3.8, 4) is 0 Å². The Hall–Kier alpha value is -2.25. The van der Waals surface area contributed by atoms with Gasteiger partial charge in [-0.2, -0.15) is 4.99 Å². The Morgan fingerprint density at radius 3 is 2.60 bits per heavy atom. The highest BCUT2D eigenvalue weighted by molar-refractivity contribution is 7.91. The molecule has 0 aliphatic rings. The van der Waals surface area contributed by atoms with Gasteiger partial charge in [-0.15, -0.1) is 0 Å². The molecule has 5 nitrogen and oxygen atoms in total. The molecule has 0 saturated heterocycles. The van der Waals surface area contributed by atoms with E-state index in [1.54, 1.807) is 28.8 Å². The van der Waals surface area contributed by atoms with Crippen molar-refractivity contribution < 1.29 is 13.2 Å². The van der Waals surface area contributed by atoms with Crippen molar-refractivity contribution in [2.75, 3.05) is 5.75 Å². The van der Waals surface area contributed by atoms with Gasteiger partial charge >= 0.3 is 0 Å². The van der Waals surface area contributed by atoms with E-state index in [1.165, 1.54) is 11.3 Å². The van der Waals surface area contributed by atoms with Gasteiger partial charge in [0.05, 0.1) is 16.0 Å². The van der Waals surface area contributed by atoms with Gasteiger partial charge in [0.1, 0.15) is 5.75 Å². The summed E-state index contributed by atoms with van der Waals surface area (Å²) in [4.78, 5) is 16.7. The van der Waals surface area contributed by atoms with E-state index in [1.807, 2.05) is 38.2 Å². The van der Waals surface area contributed by atoms with E-state index in [0.29, 0.717) is 10.4 Å². The number of carbonyl (C=O) groups is 1. The summed E-state index contributed by atoms with van der Waals surface area (Å²) in [5.74, 6) is -1.39. The first-order valence-corrected chi connectivity index (χ1v) is 10.4. The quantitative estimate of drug-likeness (QED) is 0.705. The highest BCUT2D eigenvalue weighted by Crippen LogP contribution is 2.17. The number of hydrogen-bond donors (Lipinski definition) is 0. The molecular weight excluding hydrogens is 356 g/mol. The van der Waals surface area contributed by atoms with E-state index in [9.17, 15) is 13.2 Å². The molecule has 0 N–H and O–H groups in total. The van der Waals surface area contributed by atoms with Crippen LogP contribution in [-0.2, 0) is 27.4 Å². The summed E-state index contributed by atoms with van der Waals surface area (Å²) < 4.78 is 27.3. The van der Waals surface area contributed by atoms with Crippen molar-refractivity contribution in [3.63, 3.8) is 0 Å². The lowest BCUT2D eigenvalue weighted by Gasteiger charge is -2.01. The van der Waals surface area contributed by atoms with Crippen molar-refractivity contribution in [1.29, 1.82) is 0 Å². The van der Waals surface area contributed by atoms with Crippen LogP contribution in [0, 0.1) is 6.92 Å². The second-order valence-electron chi connectivity index (χ2n) is 5.94. The van der Waals surface area contributed by atoms with Crippen LogP contribution < -0.4 is 4.80 Å². The van der Waals surface area contributed by atoms with E-state index in [2.05, 4.69) is 4.99 Å². The van der Waals surface area contributed by atoms with Crippen LogP contribution in [-0.4, -0.2) is 24.6 Å². The third-order valence-electron chi connectivity index (χ3n) is 3.76. The fraction of sp³-hybridized carbons (Fsp3) is 0.222. The second-order valence-corrected chi connectivity index (χ2v) is 9.01. The molecule has 3 aromatic rings. The zero-order chi connectivity index (χ0) is 18.0. The molecule has 0 spiro atoms. The molecule has 2 aromatic carbocycles. The van der Waals surface area contributed by atoms with Crippen LogP contribution in [0.1, 0.15) is 11.1 Å². The van der Waals surface area contributed by atoms with Gasteiger partial charge in [0.25, 0.3) is 5.91 Å². The first-order valence-electron chi connectivity index (χ1n) is 7.72. The maximum Gasteiger partial charge on any atom is 0.263 e. The molecule has 0 aliphatic carbocycles. The largest absolute Gasteiger partial charge is 0.319 e. The molecule has 1 heterocycles. The van der Waals surface area contributed by atoms with Crippen molar-refractivity contribution in [3.05, 3.63) is 64.5 Å². The zero-order valence-electron chi connectivity index (χ0n) is 14.0. The monoisotopic (exact) mass is 374 g/mol. The molecular formula is C18H18N2O3S2. The fourth-order valence-corrected chi connectivity index (χ4v) is 4.93. The molecule has 1 aromatic heterocycles. The smallest absolute Gasteiger partial charge is 0.263 e. The van der Waals surface area contributed by atoms with Crippen LogP contribution in [0.3, 0.4) is 0 Å². The van der Waals surface area contributed by atoms with Gasteiger partial charge in [-0.05, 0) is 30.2 Å². The predicted molar refractivity (Wildman–Crippen MR) is 100 cm³/mol. The minimum atomic E-state index is -3.55. The Balaban J connectivity index is 1.84. The van der Waals surface area contributed by atoms with Crippen molar-refractivity contribution in [1.82, 2.24) is 4.57 Å². The van der Waals surface area contributed by atoms with E-state index in [4.69, 9.17) is 0 Å². The molecule has 130 valence electrons. The number of aromatic nitrogens is 1. The number of fused-ring (bicyclic) bond motifs is 1. The average Bonchev–Trinajstić information content (AvgIpc) is 2.82. The Morgan fingerprint density at radius 1 is 1.16 bits per heavy atom. The summed E-state index contributed by atoms with van der Waals surface area (Å²) in [5, 5.41) is 0. The summed E-state index contributed by atoms with van der Waals surface area (Å²) in [6.07, 6.45) is 0. The van der Waals surface area contributed by atoms with Crippen LogP contribution >= 0.6 is 11.3 Å². The lowest BCUT2D eigenvalue weighted by atomic mass is 10.2. The second kappa shape index (κ2) is 6.93. The van der Waals surface area contributed by atoms with Gasteiger partial charge in [0, 0.05) is 7.05 Å². The summed E-state index contributed by atoms with van der Waals surface area (Å²) in [7, 11) is -1.73. The van der Waals surface area contributed by atoms with Gasteiger partial charge in [-0.25, -0.2) is 8.42 Å². The molecule has 7 heteroatoms. The summed E-state index contributed by atoms with van der Waals surface area (Å²) in [6.45, 7) is 2.00. The molecule has 0 saturated carbocycles. The van der Waals surface area contributed by atoms with E-state index in [0.717, 1.165) is 15.8 Å². The highest BCUT2D eigenvalue weighted by Gasteiger charge is 2.17. The van der Waals surface area contributed by atoms with Gasteiger partial charge in [0.15, 0.2) is 14.6 Å². The van der Waals surface area contributed by atoms with E-state index >= 15 is 0 Å². The summed E-state index contributed by atoms with van der Waals surface area (Å²) >= 11 is 1.38. The standard InChI is InChI=1S/C18H18N2O3S2/c1-13-8-9-15-16(10-13)24-18(20(15)2)19-17(21)12-25(22,23)11-14-6-4-3-5-7-14/h3-10H,11-12H2,1-2H3. The van der Waals surface area contributed by atoms with E-state index < -0.39 is 21.5 Å². The number of rotatable bonds is 4. The predicted octanol–water partition coefficient (Wildman–Crippen LogP) is 2.59. The molecule has 0 bridgehead atoms. The molecule has 1 amide bonds. The van der Waals surface area contributed by atoms with Crippen molar-refractivity contribution in [2.45, 2.75) is 12.7 Å². The molecule has 0 unspecified atom stereocenters. The lowest BCUT2D eigenvalue weighted by Crippen LogP contribution is -2.20. The SMILES string of the molecule is Cc1ccc2c(c1)sc(=NC(=O)CS(=O)(=O)Cc1ccccc1)n2C. The lowest BCUT2D eigenvalue weighted by molar-refractivity contribution is -0.115. The Morgan fingerprint density at radius 2 is 1.88 bits per heavy atom. The zero-order valence-corrected chi connectivity index (χ0v) is 15.6. The normalized spacial score (nSPS) is 12.6. The fourth-order valence-electron chi connectivity index (χ4n) is 2.55. The van der Waals surface area contributed by atoms with Gasteiger partial charge < -0.3 is 4.57 Å². The molecule has 25 heavy (non-hydrogen) atoms. The van der Waals surface area contributed by atoms with Crippen LogP contribution in [0.5, 0.6) is 0 Å². The molecule has 0 fully saturated rings. The Bertz CT molecular complexity index is 1090. The maximum atomic E-state index is 12.2. The first kappa shape index (κ1) is 17.6. The van der Waals surface area contributed by atoms with E-state index in [-0.39, 0.29) is 5.75 Å².